The molecule has 0 atom stereocenters. The highest BCUT2D eigenvalue weighted by Crippen LogP contribution is 2.39. The van der Waals surface area contributed by atoms with Crippen LogP contribution in [-0.2, 0) is 5.60 Å². The van der Waals surface area contributed by atoms with Crippen molar-refractivity contribution in [3.05, 3.63) is 42.9 Å². The number of nitrogens with zero attached hydrogens (tertiary/aromatic N) is 2. The highest BCUT2D eigenvalue weighted by atomic mass is 16.3. The van der Waals surface area contributed by atoms with Crippen molar-refractivity contribution in [2.24, 2.45) is 5.92 Å². The maximum Gasteiger partial charge on any atom is 0.227 e. The van der Waals surface area contributed by atoms with Gasteiger partial charge < -0.3 is 14.9 Å². The third-order valence-corrected chi connectivity index (χ3v) is 4.65. The Balaban J connectivity index is 1.68. The van der Waals surface area contributed by atoms with Gasteiger partial charge in [-0.3, -0.25) is 4.98 Å². The molecule has 1 fully saturated rings. The lowest BCUT2D eigenvalue weighted by Crippen LogP contribution is -2.34. The summed E-state index contributed by atoms with van der Waals surface area (Å²) in [5.74, 6) is 0.821. The summed E-state index contributed by atoms with van der Waals surface area (Å²) in [6.45, 7) is 1.98. The summed E-state index contributed by atoms with van der Waals surface area (Å²) in [5.41, 5.74) is 1.39. The van der Waals surface area contributed by atoms with E-state index in [0.29, 0.717) is 24.4 Å². The van der Waals surface area contributed by atoms with Crippen LogP contribution in [-0.4, -0.2) is 20.8 Å². The van der Waals surface area contributed by atoms with Crippen molar-refractivity contribution in [2.75, 3.05) is 0 Å². The fourth-order valence-corrected chi connectivity index (χ4v) is 3.25. The molecule has 0 bridgehead atoms. The van der Waals surface area contributed by atoms with Gasteiger partial charge >= 0.3 is 0 Å². The van der Waals surface area contributed by atoms with Crippen LogP contribution in [0.3, 0.4) is 0 Å². The van der Waals surface area contributed by atoms with Gasteiger partial charge in [-0.1, -0.05) is 6.92 Å². The molecule has 2 aromatic heterocycles. The van der Waals surface area contributed by atoms with E-state index in [1.165, 1.54) is 6.26 Å². The van der Waals surface area contributed by atoms with Gasteiger partial charge in [0.05, 0.1) is 17.5 Å². The molecular formula is C18H22N3O2. The van der Waals surface area contributed by atoms with Crippen LogP contribution < -0.4 is 0 Å². The predicted octanol–water partition coefficient (Wildman–Crippen LogP) is 3.75. The maximum absolute atomic E-state index is 10.9. The van der Waals surface area contributed by atoms with Gasteiger partial charge in [-0.25, -0.2) is 4.98 Å². The molecule has 3 rings (SSSR count). The fraction of sp³-hybridized carbons (Fsp3) is 0.444. The Morgan fingerprint density at radius 1 is 1.39 bits per heavy atom. The Kier molecular flexibility index (Phi) is 4.57. The first-order valence-corrected chi connectivity index (χ1v) is 8.06. The van der Waals surface area contributed by atoms with Crippen molar-refractivity contribution >= 4 is 5.71 Å². The summed E-state index contributed by atoms with van der Waals surface area (Å²) in [6.07, 6.45) is 10.6. The smallest absolute Gasteiger partial charge is 0.227 e. The van der Waals surface area contributed by atoms with Crippen molar-refractivity contribution < 1.29 is 9.52 Å². The minimum atomic E-state index is -0.887. The Morgan fingerprint density at radius 2 is 2.17 bits per heavy atom. The molecule has 2 N–H and O–H groups in total. The summed E-state index contributed by atoms with van der Waals surface area (Å²) in [4.78, 5) is 8.52. The molecule has 0 spiro atoms. The molecule has 0 saturated heterocycles. The van der Waals surface area contributed by atoms with Crippen LogP contribution >= 0.6 is 0 Å². The minimum absolute atomic E-state index is 0.290. The summed E-state index contributed by atoms with van der Waals surface area (Å²) in [6, 6.07) is 3.73. The number of oxazole rings is 1. The molecule has 23 heavy (non-hydrogen) atoms. The summed E-state index contributed by atoms with van der Waals surface area (Å²) in [5, 5.41) is 19.0. The molecule has 1 aliphatic rings. The van der Waals surface area contributed by atoms with E-state index in [0.717, 1.165) is 30.5 Å². The Bertz CT molecular complexity index is 641. The second-order valence-corrected chi connectivity index (χ2v) is 6.21. The molecule has 2 heterocycles. The summed E-state index contributed by atoms with van der Waals surface area (Å²) < 4.78 is 5.25. The van der Waals surface area contributed by atoms with E-state index in [1.54, 1.807) is 12.4 Å². The van der Waals surface area contributed by atoms with E-state index in [2.05, 4.69) is 9.97 Å². The van der Waals surface area contributed by atoms with Crippen LogP contribution in [0.15, 0.2) is 35.2 Å². The molecule has 0 aromatic carbocycles. The van der Waals surface area contributed by atoms with Crippen molar-refractivity contribution in [1.82, 2.24) is 9.97 Å². The molecule has 0 unspecified atom stereocenters. The van der Waals surface area contributed by atoms with E-state index in [1.807, 2.05) is 25.5 Å². The van der Waals surface area contributed by atoms with Gasteiger partial charge in [0, 0.05) is 11.9 Å². The SMILES string of the molecule is C[CH]CC(=N)C1CCC(O)(c2ccc(-c3ncco3)cn2)CC1. The van der Waals surface area contributed by atoms with Crippen molar-refractivity contribution in [1.29, 1.82) is 5.41 Å². The first kappa shape index (κ1) is 15.9. The number of hydrogen-bond acceptors (Lipinski definition) is 5. The summed E-state index contributed by atoms with van der Waals surface area (Å²) >= 11 is 0. The van der Waals surface area contributed by atoms with Crippen LogP contribution in [0.4, 0.5) is 0 Å². The first-order chi connectivity index (χ1) is 11.1. The van der Waals surface area contributed by atoms with Gasteiger partial charge in [0.2, 0.25) is 5.89 Å². The predicted molar refractivity (Wildman–Crippen MR) is 87.9 cm³/mol. The zero-order chi connectivity index (χ0) is 16.3. The van der Waals surface area contributed by atoms with E-state index in [-0.39, 0.29) is 5.92 Å². The monoisotopic (exact) mass is 312 g/mol. The molecule has 0 amide bonds. The second-order valence-electron chi connectivity index (χ2n) is 6.21. The van der Waals surface area contributed by atoms with E-state index in [4.69, 9.17) is 9.83 Å². The van der Waals surface area contributed by atoms with E-state index < -0.39 is 5.60 Å². The first-order valence-electron chi connectivity index (χ1n) is 8.06. The number of rotatable bonds is 5. The molecule has 1 aliphatic carbocycles. The van der Waals surface area contributed by atoms with Crippen LogP contribution in [0.25, 0.3) is 11.5 Å². The Morgan fingerprint density at radius 3 is 2.74 bits per heavy atom. The molecule has 0 aliphatic heterocycles. The fourth-order valence-electron chi connectivity index (χ4n) is 3.25. The van der Waals surface area contributed by atoms with Crippen LogP contribution in [0.1, 0.15) is 44.7 Å². The van der Waals surface area contributed by atoms with Gasteiger partial charge in [-0.15, -0.1) is 0 Å². The highest BCUT2D eigenvalue weighted by molar-refractivity contribution is 5.84. The summed E-state index contributed by atoms with van der Waals surface area (Å²) in [7, 11) is 0. The van der Waals surface area contributed by atoms with Crippen LogP contribution in [0, 0.1) is 17.7 Å². The van der Waals surface area contributed by atoms with Crippen LogP contribution in [0.2, 0.25) is 0 Å². The normalized spacial score (nSPS) is 24.5. The quantitative estimate of drug-likeness (QED) is 0.824. The molecular weight excluding hydrogens is 290 g/mol. The maximum atomic E-state index is 10.9. The van der Waals surface area contributed by atoms with Gasteiger partial charge in [-0.05, 0) is 56.6 Å². The highest BCUT2D eigenvalue weighted by Gasteiger charge is 2.36. The molecule has 121 valence electrons. The minimum Gasteiger partial charge on any atom is -0.444 e. The molecule has 2 aromatic rings. The number of pyridine rings is 1. The number of hydrogen-bond donors (Lipinski definition) is 2. The third kappa shape index (κ3) is 3.34. The van der Waals surface area contributed by atoms with Crippen molar-refractivity contribution in [3.8, 4) is 11.5 Å². The number of nitrogens with one attached hydrogen (secondary N) is 1. The van der Waals surface area contributed by atoms with Gasteiger partial charge in [0.15, 0.2) is 0 Å². The standard InChI is InChI=1S/C18H22N3O2/c1-2-3-15(19)13-6-8-18(22,9-7-13)16-5-4-14(12-21-16)17-20-10-11-23-17/h2,4-5,10-13,19,22H,3,6-9H2,1H3. The van der Waals surface area contributed by atoms with Gasteiger partial charge in [-0.2, -0.15) is 0 Å². The zero-order valence-corrected chi connectivity index (χ0v) is 13.3. The Labute approximate surface area is 136 Å². The largest absolute Gasteiger partial charge is 0.444 e. The molecule has 1 saturated carbocycles. The lowest BCUT2D eigenvalue weighted by Gasteiger charge is -2.35. The van der Waals surface area contributed by atoms with Crippen LogP contribution in [0.5, 0.6) is 0 Å². The molecule has 5 heteroatoms. The average Bonchev–Trinajstić information content (AvgIpc) is 3.10. The molecule has 1 radical (unpaired) electrons. The second kappa shape index (κ2) is 6.62. The van der Waals surface area contributed by atoms with Gasteiger partial charge in [0.25, 0.3) is 0 Å². The molecule has 5 nitrogen and oxygen atoms in total. The van der Waals surface area contributed by atoms with Gasteiger partial charge in [0.1, 0.15) is 11.9 Å². The average molecular weight is 312 g/mol. The zero-order valence-electron chi connectivity index (χ0n) is 13.3. The van der Waals surface area contributed by atoms with Crippen molar-refractivity contribution in [2.45, 2.75) is 44.6 Å². The van der Waals surface area contributed by atoms with E-state index >= 15 is 0 Å². The third-order valence-electron chi connectivity index (χ3n) is 4.65. The Hall–Kier alpha value is -2.01. The number of aromatic nitrogens is 2. The van der Waals surface area contributed by atoms with E-state index in [9.17, 15) is 5.11 Å². The number of aliphatic hydroxyl groups is 1. The lowest BCUT2D eigenvalue weighted by atomic mass is 9.74. The topological polar surface area (TPSA) is 83.0 Å². The lowest BCUT2D eigenvalue weighted by molar-refractivity contribution is -0.0110. The van der Waals surface area contributed by atoms with Crippen molar-refractivity contribution in [3.63, 3.8) is 0 Å².